The van der Waals surface area contributed by atoms with E-state index in [9.17, 15) is 0 Å². The molecule has 0 bridgehead atoms. The van der Waals surface area contributed by atoms with E-state index < -0.39 is 0 Å². The largest absolute Gasteiger partial charge is 0.367 e. The van der Waals surface area contributed by atoms with Gasteiger partial charge in [-0.2, -0.15) is 0 Å². The third-order valence-electron chi connectivity index (χ3n) is 2.04. The molecule has 2 aromatic heterocycles. The van der Waals surface area contributed by atoms with Crippen molar-refractivity contribution < 1.29 is 0 Å². The lowest BCUT2D eigenvalue weighted by molar-refractivity contribution is 0.892. The van der Waals surface area contributed by atoms with Crippen LogP contribution in [0.3, 0.4) is 0 Å². The summed E-state index contributed by atoms with van der Waals surface area (Å²) < 4.78 is 2.04. The molecule has 1 N–H and O–H groups in total. The maximum Gasteiger partial charge on any atom is 0.145 e. The zero-order valence-corrected chi connectivity index (χ0v) is 8.78. The third kappa shape index (κ3) is 1.71. The van der Waals surface area contributed by atoms with Gasteiger partial charge in [0.05, 0.1) is 6.20 Å². The highest BCUT2D eigenvalue weighted by atomic mass is 15.1. The molecule has 3 nitrogen and oxygen atoms in total. The van der Waals surface area contributed by atoms with E-state index in [0.29, 0.717) is 6.04 Å². The number of nitrogens with one attached hydrogen (secondary N) is 1. The van der Waals surface area contributed by atoms with Crippen molar-refractivity contribution >= 4 is 11.5 Å². The molecule has 0 spiro atoms. The molecule has 0 saturated heterocycles. The minimum Gasteiger partial charge on any atom is -0.367 e. The molecule has 0 unspecified atom stereocenters. The van der Waals surface area contributed by atoms with E-state index in [1.54, 1.807) is 0 Å². The second-order valence-corrected chi connectivity index (χ2v) is 3.90. The van der Waals surface area contributed by atoms with Crippen LogP contribution in [0.15, 0.2) is 24.5 Å². The second-order valence-electron chi connectivity index (χ2n) is 3.90. The first kappa shape index (κ1) is 9.06. The smallest absolute Gasteiger partial charge is 0.145 e. The monoisotopic (exact) mass is 189 g/mol. The van der Waals surface area contributed by atoms with E-state index in [4.69, 9.17) is 0 Å². The van der Waals surface area contributed by atoms with Crippen molar-refractivity contribution in [2.24, 2.45) is 0 Å². The lowest BCUT2D eigenvalue weighted by Crippen LogP contribution is -2.09. The topological polar surface area (TPSA) is 29.3 Å². The average molecular weight is 189 g/mol. The second kappa shape index (κ2) is 3.33. The predicted octanol–water partition coefficient (Wildman–Crippen LogP) is 2.46. The van der Waals surface area contributed by atoms with Crippen LogP contribution in [0.25, 0.3) is 5.65 Å². The van der Waals surface area contributed by atoms with Crippen LogP contribution < -0.4 is 5.32 Å². The van der Waals surface area contributed by atoms with Gasteiger partial charge in [-0.15, -0.1) is 0 Å². The van der Waals surface area contributed by atoms with Gasteiger partial charge in [-0.1, -0.05) is 6.07 Å². The number of nitrogens with zero attached hydrogens (tertiary/aromatic N) is 2. The number of aromatic nitrogens is 2. The average Bonchev–Trinajstić information content (AvgIpc) is 2.44. The summed E-state index contributed by atoms with van der Waals surface area (Å²) in [5.41, 5.74) is 2.23. The maximum atomic E-state index is 4.45. The van der Waals surface area contributed by atoms with Gasteiger partial charge >= 0.3 is 0 Å². The predicted molar refractivity (Wildman–Crippen MR) is 58.7 cm³/mol. The summed E-state index contributed by atoms with van der Waals surface area (Å²) in [4.78, 5) is 4.45. The minimum atomic E-state index is 0.418. The zero-order valence-electron chi connectivity index (χ0n) is 8.78. The van der Waals surface area contributed by atoms with Crippen LogP contribution in [0.4, 0.5) is 5.82 Å². The van der Waals surface area contributed by atoms with E-state index in [0.717, 1.165) is 11.5 Å². The Bertz CT molecular complexity index is 443. The highest BCUT2D eigenvalue weighted by molar-refractivity contribution is 5.49. The van der Waals surface area contributed by atoms with Gasteiger partial charge in [0.2, 0.25) is 0 Å². The van der Waals surface area contributed by atoms with Crippen molar-refractivity contribution in [2.75, 3.05) is 5.32 Å². The molecule has 74 valence electrons. The van der Waals surface area contributed by atoms with E-state index in [1.165, 1.54) is 5.56 Å². The molecule has 2 rings (SSSR count). The van der Waals surface area contributed by atoms with Gasteiger partial charge in [-0.25, -0.2) is 4.98 Å². The summed E-state index contributed by atoms with van der Waals surface area (Å²) in [6.07, 6.45) is 4.09. The van der Waals surface area contributed by atoms with Crippen LogP contribution >= 0.6 is 0 Å². The Balaban J connectivity index is 2.41. The first-order chi connectivity index (χ1) is 6.65. The third-order valence-corrected chi connectivity index (χ3v) is 2.04. The summed E-state index contributed by atoms with van der Waals surface area (Å²) in [6, 6.07) is 4.52. The zero-order chi connectivity index (χ0) is 10.1. The number of hydrogen-bond acceptors (Lipinski definition) is 2. The Hall–Kier alpha value is -1.51. The maximum absolute atomic E-state index is 4.45. The first-order valence-corrected chi connectivity index (χ1v) is 4.87. The fourth-order valence-electron chi connectivity index (χ4n) is 1.47. The van der Waals surface area contributed by atoms with E-state index in [2.05, 4.69) is 43.3 Å². The molecule has 2 aromatic rings. The van der Waals surface area contributed by atoms with Crippen LogP contribution in [0.1, 0.15) is 19.4 Å². The molecule has 0 saturated carbocycles. The van der Waals surface area contributed by atoms with Crippen LogP contribution in [-0.2, 0) is 0 Å². The van der Waals surface area contributed by atoms with E-state index in [-0.39, 0.29) is 0 Å². The number of hydrogen-bond donors (Lipinski definition) is 1. The van der Waals surface area contributed by atoms with Crippen LogP contribution in [0.2, 0.25) is 0 Å². The quantitative estimate of drug-likeness (QED) is 0.786. The van der Waals surface area contributed by atoms with E-state index in [1.807, 2.05) is 16.7 Å². The summed E-state index contributed by atoms with van der Waals surface area (Å²) >= 11 is 0. The Labute approximate surface area is 83.8 Å². The molecule has 2 heterocycles. The summed E-state index contributed by atoms with van der Waals surface area (Å²) in [5.74, 6) is 0.936. The fourth-order valence-corrected chi connectivity index (χ4v) is 1.47. The highest BCUT2D eigenvalue weighted by Crippen LogP contribution is 2.11. The molecule has 0 aliphatic rings. The number of rotatable bonds is 2. The molecule has 0 aromatic carbocycles. The van der Waals surface area contributed by atoms with Gasteiger partial charge in [0, 0.05) is 12.2 Å². The number of imidazole rings is 1. The Morgan fingerprint density at radius 1 is 1.29 bits per heavy atom. The lowest BCUT2D eigenvalue weighted by Gasteiger charge is -2.04. The Kier molecular flexibility index (Phi) is 2.15. The number of aryl methyl sites for hydroxylation is 1. The molecule has 0 atom stereocenters. The van der Waals surface area contributed by atoms with Gasteiger partial charge in [-0.05, 0) is 32.4 Å². The van der Waals surface area contributed by atoms with Crippen molar-refractivity contribution in [3.05, 3.63) is 30.1 Å². The molecule has 0 fully saturated rings. The SMILES string of the molecule is Cc1ccc2nc(NC(C)C)cn2c1. The van der Waals surface area contributed by atoms with Crippen molar-refractivity contribution in [3.63, 3.8) is 0 Å². The van der Waals surface area contributed by atoms with Crippen molar-refractivity contribution in [1.29, 1.82) is 0 Å². The van der Waals surface area contributed by atoms with Crippen LogP contribution in [0, 0.1) is 6.92 Å². The standard InChI is InChI=1S/C11H15N3/c1-8(2)12-10-7-14-6-9(3)4-5-11(14)13-10/h4-8,12H,1-3H3. The number of anilines is 1. The number of pyridine rings is 1. The van der Waals surface area contributed by atoms with Gasteiger partial charge in [0.15, 0.2) is 0 Å². The molecule has 3 heteroatoms. The van der Waals surface area contributed by atoms with Crippen molar-refractivity contribution in [3.8, 4) is 0 Å². The highest BCUT2D eigenvalue weighted by Gasteiger charge is 2.01. The molecular formula is C11H15N3. The number of fused-ring (bicyclic) bond motifs is 1. The van der Waals surface area contributed by atoms with Gasteiger partial charge in [0.1, 0.15) is 11.5 Å². The Morgan fingerprint density at radius 3 is 2.79 bits per heavy atom. The summed E-state index contributed by atoms with van der Waals surface area (Å²) in [7, 11) is 0. The van der Waals surface area contributed by atoms with Crippen molar-refractivity contribution in [1.82, 2.24) is 9.38 Å². The van der Waals surface area contributed by atoms with Crippen LogP contribution in [0.5, 0.6) is 0 Å². The molecule has 0 aliphatic heterocycles. The van der Waals surface area contributed by atoms with Gasteiger partial charge in [0.25, 0.3) is 0 Å². The molecule has 0 amide bonds. The molecule has 0 radical (unpaired) electrons. The Morgan fingerprint density at radius 2 is 2.07 bits per heavy atom. The molecular weight excluding hydrogens is 174 g/mol. The van der Waals surface area contributed by atoms with Gasteiger partial charge in [-0.3, -0.25) is 0 Å². The first-order valence-electron chi connectivity index (χ1n) is 4.87. The normalized spacial score (nSPS) is 11.1. The summed E-state index contributed by atoms with van der Waals surface area (Å²) in [6.45, 7) is 6.29. The van der Waals surface area contributed by atoms with E-state index >= 15 is 0 Å². The summed E-state index contributed by atoms with van der Waals surface area (Å²) in [5, 5.41) is 3.28. The van der Waals surface area contributed by atoms with Crippen LogP contribution in [-0.4, -0.2) is 15.4 Å². The van der Waals surface area contributed by atoms with Gasteiger partial charge < -0.3 is 9.72 Å². The molecule has 14 heavy (non-hydrogen) atoms. The lowest BCUT2D eigenvalue weighted by atomic mass is 10.3. The molecule has 0 aliphatic carbocycles. The minimum absolute atomic E-state index is 0.418. The van der Waals surface area contributed by atoms with Crippen molar-refractivity contribution in [2.45, 2.75) is 26.8 Å². The fraction of sp³-hybridized carbons (Fsp3) is 0.364.